The van der Waals surface area contributed by atoms with E-state index in [1.165, 1.54) is 0 Å². The summed E-state index contributed by atoms with van der Waals surface area (Å²) >= 11 is 0. The maximum atomic E-state index is 12.0. The third kappa shape index (κ3) is 5.35. The Morgan fingerprint density at radius 1 is 1.29 bits per heavy atom. The van der Waals surface area contributed by atoms with Gasteiger partial charge in [0.25, 0.3) is 0 Å². The SMILES string of the molecule is Cc1ccc2c(CN3CCCCC3CNC(=O)OC(C)(C)C)cc(=O)oc2c1. The summed E-state index contributed by atoms with van der Waals surface area (Å²) in [5.41, 5.74) is 1.82. The maximum absolute atomic E-state index is 12.0. The first kappa shape index (κ1) is 20.4. The standard InChI is InChI=1S/C22H30N2O4/c1-15-8-9-18-16(12-20(25)27-19(18)11-15)14-24-10-6-5-7-17(24)13-23-21(26)28-22(2,3)4/h8-9,11-12,17H,5-7,10,13-14H2,1-4H3,(H,23,26). The smallest absolute Gasteiger partial charge is 0.407 e. The molecular weight excluding hydrogens is 356 g/mol. The summed E-state index contributed by atoms with van der Waals surface area (Å²) in [5.74, 6) is 0. The zero-order valence-corrected chi connectivity index (χ0v) is 17.2. The Morgan fingerprint density at radius 2 is 2.07 bits per heavy atom. The number of nitrogens with one attached hydrogen (secondary N) is 1. The van der Waals surface area contributed by atoms with Crippen molar-refractivity contribution in [2.45, 2.75) is 65.1 Å². The fraction of sp³-hybridized carbons (Fsp3) is 0.545. The molecule has 0 radical (unpaired) electrons. The second-order valence-corrected chi connectivity index (χ2v) is 8.59. The van der Waals surface area contributed by atoms with Crippen LogP contribution >= 0.6 is 0 Å². The first-order valence-corrected chi connectivity index (χ1v) is 9.95. The van der Waals surface area contributed by atoms with Gasteiger partial charge >= 0.3 is 11.7 Å². The van der Waals surface area contributed by atoms with Gasteiger partial charge in [0, 0.05) is 30.6 Å². The van der Waals surface area contributed by atoms with Crippen molar-refractivity contribution in [2.75, 3.05) is 13.1 Å². The van der Waals surface area contributed by atoms with Gasteiger partial charge in [0.15, 0.2) is 0 Å². The number of alkyl carbamates (subject to hydrolysis) is 1. The van der Waals surface area contributed by atoms with E-state index in [0.29, 0.717) is 18.7 Å². The van der Waals surface area contributed by atoms with Gasteiger partial charge < -0.3 is 14.5 Å². The van der Waals surface area contributed by atoms with Gasteiger partial charge in [0.2, 0.25) is 0 Å². The summed E-state index contributed by atoms with van der Waals surface area (Å²) < 4.78 is 10.7. The molecule has 3 rings (SSSR count). The summed E-state index contributed by atoms with van der Waals surface area (Å²) in [5, 5.41) is 3.86. The third-order valence-corrected chi connectivity index (χ3v) is 4.99. The van der Waals surface area contributed by atoms with Crippen molar-refractivity contribution >= 4 is 17.1 Å². The lowest BCUT2D eigenvalue weighted by Gasteiger charge is -2.36. The van der Waals surface area contributed by atoms with E-state index in [4.69, 9.17) is 9.15 Å². The fourth-order valence-corrected chi connectivity index (χ4v) is 3.70. The molecule has 28 heavy (non-hydrogen) atoms. The molecule has 0 bridgehead atoms. The van der Waals surface area contributed by atoms with Crippen LogP contribution in [0.1, 0.15) is 51.2 Å². The predicted octanol–water partition coefficient (Wildman–Crippen LogP) is 3.98. The molecule has 152 valence electrons. The fourth-order valence-electron chi connectivity index (χ4n) is 3.70. The summed E-state index contributed by atoms with van der Waals surface area (Å²) in [6.45, 7) is 9.68. The molecule has 1 atom stereocenters. The minimum atomic E-state index is -0.508. The van der Waals surface area contributed by atoms with Crippen LogP contribution in [0.3, 0.4) is 0 Å². The number of carbonyl (C=O) groups is 1. The summed E-state index contributed by atoms with van der Waals surface area (Å²) in [4.78, 5) is 26.4. The van der Waals surface area contributed by atoms with Gasteiger partial charge in [-0.3, -0.25) is 4.90 Å². The zero-order chi connectivity index (χ0) is 20.3. The van der Waals surface area contributed by atoms with Crippen molar-refractivity contribution in [1.29, 1.82) is 0 Å². The average molecular weight is 386 g/mol. The first-order valence-electron chi connectivity index (χ1n) is 9.95. The van der Waals surface area contributed by atoms with Crippen LogP contribution in [-0.4, -0.2) is 35.7 Å². The Kier molecular flexibility index (Phi) is 6.08. The highest BCUT2D eigenvalue weighted by atomic mass is 16.6. The Balaban J connectivity index is 1.74. The van der Waals surface area contributed by atoms with Crippen molar-refractivity contribution in [3.05, 3.63) is 45.8 Å². The molecule has 0 aliphatic carbocycles. The highest BCUT2D eigenvalue weighted by Gasteiger charge is 2.25. The predicted molar refractivity (Wildman–Crippen MR) is 110 cm³/mol. The van der Waals surface area contributed by atoms with Crippen molar-refractivity contribution in [3.63, 3.8) is 0 Å². The monoisotopic (exact) mass is 386 g/mol. The third-order valence-electron chi connectivity index (χ3n) is 4.99. The normalized spacial score (nSPS) is 18.2. The van der Waals surface area contributed by atoms with E-state index >= 15 is 0 Å². The minimum absolute atomic E-state index is 0.217. The van der Waals surface area contributed by atoms with E-state index in [0.717, 1.165) is 42.3 Å². The van der Waals surface area contributed by atoms with Gasteiger partial charge in [-0.1, -0.05) is 18.6 Å². The molecule has 6 heteroatoms. The number of carbonyl (C=O) groups excluding carboxylic acids is 1. The van der Waals surface area contributed by atoms with Crippen molar-refractivity contribution in [2.24, 2.45) is 0 Å². The largest absolute Gasteiger partial charge is 0.444 e. The van der Waals surface area contributed by atoms with Gasteiger partial charge in [0.1, 0.15) is 11.2 Å². The molecule has 2 aromatic rings. The number of nitrogens with zero attached hydrogens (tertiary/aromatic N) is 1. The molecule has 0 saturated carbocycles. The number of piperidine rings is 1. The van der Waals surface area contributed by atoms with Crippen LogP contribution in [0.25, 0.3) is 11.0 Å². The lowest BCUT2D eigenvalue weighted by molar-refractivity contribution is 0.0492. The maximum Gasteiger partial charge on any atom is 0.407 e. The van der Waals surface area contributed by atoms with Crippen LogP contribution in [0.5, 0.6) is 0 Å². The highest BCUT2D eigenvalue weighted by molar-refractivity contribution is 5.80. The number of likely N-dealkylation sites (tertiary alicyclic amines) is 1. The van der Waals surface area contributed by atoms with Crippen LogP contribution in [0, 0.1) is 6.92 Å². The van der Waals surface area contributed by atoms with E-state index < -0.39 is 5.60 Å². The topological polar surface area (TPSA) is 71.8 Å². The quantitative estimate of drug-likeness (QED) is 0.805. The Hall–Kier alpha value is -2.34. The Labute approximate surface area is 165 Å². The molecule has 1 fully saturated rings. The van der Waals surface area contributed by atoms with E-state index in [1.54, 1.807) is 6.07 Å². The van der Waals surface area contributed by atoms with Crippen molar-refractivity contribution < 1.29 is 13.9 Å². The molecule has 1 aromatic carbocycles. The molecule has 0 spiro atoms. The molecule has 6 nitrogen and oxygen atoms in total. The Bertz CT molecular complexity index is 898. The van der Waals surface area contributed by atoms with Gasteiger partial charge in [-0.25, -0.2) is 9.59 Å². The first-order chi connectivity index (χ1) is 13.2. The van der Waals surface area contributed by atoms with Gasteiger partial charge in [-0.05, 0) is 64.3 Å². The number of fused-ring (bicyclic) bond motifs is 1. The molecule has 1 aliphatic rings. The summed E-state index contributed by atoms with van der Waals surface area (Å²) in [6.07, 6.45) is 2.86. The number of ether oxygens (including phenoxy) is 1. The van der Waals surface area contributed by atoms with Crippen LogP contribution in [0.2, 0.25) is 0 Å². The lowest BCUT2D eigenvalue weighted by atomic mass is 10.00. The van der Waals surface area contributed by atoms with Gasteiger partial charge in [-0.15, -0.1) is 0 Å². The summed E-state index contributed by atoms with van der Waals surface area (Å²) in [6, 6.07) is 7.75. The average Bonchev–Trinajstić information content (AvgIpc) is 2.59. The second-order valence-electron chi connectivity index (χ2n) is 8.59. The number of aryl methyl sites for hydroxylation is 1. The van der Waals surface area contributed by atoms with Crippen LogP contribution in [0.15, 0.2) is 33.5 Å². The molecule has 1 aliphatic heterocycles. The molecular formula is C22H30N2O4. The number of amides is 1. The van der Waals surface area contributed by atoms with Gasteiger partial charge in [0.05, 0.1) is 0 Å². The van der Waals surface area contributed by atoms with Crippen molar-refractivity contribution in [1.82, 2.24) is 10.2 Å². The molecule has 2 heterocycles. The molecule has 1 aromatic heterocycles. The van der Waals surface area contributed by atoms with E-state index in [-0.39, 0.29) is 17.8 Å². The zero-order valence-electron chi connectivity index (χ0n) is 17.2. The van der Waals surface area contributed by atoms with Crippen LogP contribution in [0.4, 0.5) is 4.79 Å². The number of benzene rings is 1. The molecule has 1 amide bonds. The highest BCUT2D eigenvalue weighted by Crippen LogP contribution is 2.24. The van der Waals surface area contributed by atoms with Crippen molar-refractivity contribution in [3.8, 4) is 0 Å². The van der Waals surface area contributed by atoms with Gasteiger partial charge in [-0.2, -0.15) is 0 Å². The molecule has 1 saturated heterocycles. The molecule has 1 N–H and O–H groups in total. The second kappa shape index (κ2) is 8.35. The van der Waals surface area contributed by atoms with E-state index in [1.807, 2.05) is 45.9 Å². The lowest BCUT2D eigenvalue weighted by Crippen LogP contribution is -2.47. The van der Waals surface area contributed by atoms with Crippen LogP contribution in [-0.2, 0) is 11.3 Å². The van der Waals surface area contributed by atoms with Crippen LogP contribution < -0.4 is 10.9 Å². The Morgan fingerprint density at radius 3 is 2.82 bits per heavy atom. The van der Waals surface area contributed by atoms with E-state index in [2.05, 4.69) is 10.2 Å². The number of rotatable bonds is 4. The molecule has 1 unspecified atom stereocenters. The summed E-state index contributed by atoms with van der Waals surface area (Å²) in [7, 11) is 0. The van der Waals surface area contributed by atoms with E-state index in [9.17, 15) is 9.59 Å². The number of hydrogen-bond donors (Lipinski definition) is 1. The minimum Gasteiger partial charge on any atom is -0.444 e. The number of hydrogen-bond acceptors (Lipinski definition) is 5.